The van der Waals surface area contributed by atoms with E-state index in [1.807, 2.05) is 18.7 Å². The van der Waals surface area contributed by atoms with Crippen LogP contribution in [0.5, 0.6) is 0 Å². The summed E-state index contributed by atoms with van der Waals surface area (Å²) in [5.74, 6) is 0.0150. The van der Waals surface area contributed by atoms with E-state index in [-0.39, 0.29) is 11.9 Å². The van der Waals surface area contributed by atoms with E-state index in [2.05, 4.69) is 11.9 Å². The number of halogens is 1. The average Bonchev–Trinajstić information content (AvgIpc) is 2.24. The molecule has 4 heteroatoms. The molecule has 16 heavy (non-hydrogen) atoms. The van der Waals surface area contributed by atoms with E-state index >= 15 is 0 Å². The summed E-state index contributed by atoms with van der Waals surface area (Å²) >= 11 is 5.77. The van der Waals surface area contributed by atoms with E-state index in [0.29, 0.717) is 10.7 Å². The van der Waals surface area contributed by atoms with Gasteiger partial charge in [0.25, 0.3) is 5.91 Å². The second-order valence-electron chi connectivity index (χ2n) is 3.96. The maximum Gasteiger partial charge on any atom is 0.254 e. The molecule has 0 unspecified atom stereocenters. The molecule has 0 radical (unpaired) electrons. The molecule has 0 saturated heterocycles. The summed E-state index contributed by atoms with van der Waals surface area (Å²) in [5.41, 5.74) is 0.599. The molecule has 0 aliphatic rings. The Balaban J connectivity index is 2.90. The van der Waals surface area contributed by atoms with Crippen LogP contribution in [0, 0.1) is 0 Å². The van der Waals surface area contributed by atoms with Crippen LogP contribution in [0.4, 0.5) is 0 Å². The Bertz CT molecular complexity index is 366. The van der Waals surface area contributed by atoms with Crippen molar-refractivity contribution in [2.45, 2.75) is 33.2 Å². The SMILES string of the molecule is CCCN(C(=O)c1ccnc(Cl)c1)C(C)C. The van der Waals surface area contributed by atoms with E-state index in [4.69, 9.17) is 11.6 Å². The molecular formula is C12H17ClN2O. The summed E-state index contributed by atoms with van der Waals surface area (Å²) in [6.07, 6.45) is 2.50. The lowest BCUT2D eigenvalue weighted by Crippen LogP contribution is -2.37. The van der Waals surface area contributed by atoms with Crippen LogP contribution in [0.1, 0.15) is 37.6 Å². The Hall–Kier alpha value is -1.09. The minimum absolute atomic E-state index is 0.0150. The molecule has 1 aromatic heterocycles. The highest BCUT2D eigenvalue weighted by Gasteiger charge is 2.17. The van der Waals surface area contributed by atoms with Gasteiger partial charge in [0.15, 0.2) is 0 Å². The molecule has 0 saturated carbocycles. The standard InChI is InChI=1S/C12H17ClN2O/c1-4-7-15(9(2)3)12(16)10-5-6-14-11(13)8-10/h5-6,8-9H,4,7H2,1-3H3. The molecule has 1 amide bonds. The fraction of sp³-hybridized carbons (Fsp3) is 0.500. The van der Waals surface area contributed by atoms with Crippen molar-refractivity contribution >= 4 is 17.5 Å². The highest BCUT2D eigenvalue weighted by molar-refractivity contribution is 6.29. The lowest BCUT2D eigenvalue weighted by Gasteiger charge is -2.26. The molecule has 0 N–H and O–H groups in total. The first-order chi connectivity index (χ1) is 7.56. The molecule has 3 nitrogen and oxygen atoms in total. The number of carbonyl (C=O) groups is 1. The summed E-state index contributed by atoms with van der Waals surface area (Å²) in [6, 6.07) is 3.49. The summed E-state index contributed by atoms with van der Waals surface area (Å²) in [4.78, 5) is 17.9. The maximum absolute atomic E-state index is 12.2. The zero-order chi connectivity index (χ0) is 12.1. The van der Waals surface area contributed by atoms with Gasteiger partial charge in [0.2, 0.25) is 0 Å². The Morgan fingerprint density at radius 1 is 1.56 bits per heavy atom. The van der Waals surface area contributed by atoms with Crippen LogP contribution in [0.3, 0.4) is 0 Å². The zero-order valence-corrected chi connectivity index (χ0v) is 10.7. The van der Waals surface area contributed by atoms with Crippen molar-refractivity contribution in [2.75, 3.05) is 6.54 Å². The van der Waals surface area contributed by atoms with Crippen molar-refractivity contribution in [1.82, 2.24) is 9.88 Å². The number of hydrogen-bond donors (Lipinski definition) is 0. The lowest BCUT2D eigenvalue weighted by molar-refractivity contribution is 0.0706. The smallest absolute Gasteiger partial charge is 0.254 e. The van der Waals surface area contributed by atoms with Gasteiger partial charge >= 0.3 is 0 Å². The number of rotatable bonds is 4. The molecule has 88 valence electrons. The Morgan fingerprint density at radius 3 is 2.75 bits per heavy atom. The highest BCUT2D eigenvalue weighted by Crippen LogP contribution is 2.12. The van der Waals surface area contributed by atoms with Crippen LogP contribution in [0.25, 0.3) is 0 Å². The number of carbonyl (C=O) groups excluding carboxylic acids is 1. The fourth-order valence-electron chi connectivity index (χ4n) is 1.54. The largest absolute Gasteiger partial charge is 0.336 e. The first-order valence-corrected chi connectivity index (χ1v) is 5.86. The fourth-order valence-corrected chi connectivity index (χ4v) is 1.71. The second kappa shape index (κ2) is 5.85. The van der Waals surface area contributed by atoms with Gasteiger partial charge in [-0.3, -0.25) is 4.79 Å². The van der Waals surface area contributed by atoms with Crippen molar-refractivity contribution in [2.24, 2.45) is 0 Å². The first-order valence-electron chi connectivity index (χ1n) is 5.48. The Labute approximate surface area is 101 Å². The van der Waals surface area contributed by atoms with Gasteiger partial charge in [0.1, 0.15) is 5.15 Å². The maximum atomic E-state index is 12.2. The van der Waals surface area contributed by atoms with Crippen molar-refractivity contribution in [3.8, 4) is 0 Å². The zero-order valence-electron chi connectivity index (χ0n) is 9.90. The predicted molar refractivity (Wildman–Crippen MR) is 65.7 cm³/mol. The van der Waals surface area contributed by atoms with Crippen molar-refractivity contribution < 1.29 is 4.79 Å². The summed E-state index contributed by atoms with van der Waals surface area (Å²) in [7, 11) is 0. The molecule has 0 aliphatic carbocycles. The summed E-state index contributed by atoms with van der Waals surface area (Å²) in [5, 5.41) is 0.353. The molecule has 0 aromatic carbocycles. The highest BCUT2D eigenvalue weighted by atomic mass is 35.5. The molecule has 1 heterocycles. The van der Waals surface area contributed by atoms with Crippen molar-refractivity contribution in [3.05, 3.63) is 29.0 Å². The third-order valence-electron chi connectivity index (χ3n) is 2.32. The molecular weight excluding hydrogens is 224 g/mol. The molecule has 0 atom stereocenters. The van der Waals surface area contributed by atoms with Gasteiger partial charge in [-0.05, 0) is 32.4 Å². The van der Waals surface area contributed by atoms with E-state index < -0.39 is 0 Å². The number of pyridine rings is 1. The van der Waals surface area contributed by atoms with E-state index in [9.17, 15) is 4.79 Å². The van der Waals surface area contributed by atoms with Crippen molar-refractivity contribution in [3.63, 3.8) is 0 Å². The quantitative estimate of drug-likeness (QED) is 0.758. The molecule has 0 aliphatic heterocycles. The van der Waals surface area contributed by atoms with E-state index in [1.54, 1.807) is 18.3 Å². The minimum atomic E-state index is 0.0150. The number of amides is 1. The molecule has 0 fully saturated rings. The molecule has 0 bridgehead atoms. The third kappa shape index (κ3) is 3.20. The summed E-state index contributed by atoms with van der Waals surface area (Å²) in [6.45, 7) is 6.84. The summed E-state index contributed by atoms with van der Waals surface area (Å²) < 4.78 is 0. The normalized spacial score (nSPS) is 10.6. The van der Waals surface area contributed by atoms with Gasteiger partial charge in [-0.1, -0.05) is 18.5 Å². The van der Waals surface area contributed by atoms with Gasteiger partial charge in [0.05, 0.1) is 0 Å². The molecule has 1 rings (SSSR count). The lowest BCUT2D eigenvalue weighted by atomic mass is 10.2. The van der Waals surface area contributed by atoms with Crippen LogP contribution in [-0.2, 0) is 0 Å². The van der Waals surface area contributed by atoms with Crippen LogP contribution in [0.2, 0.25) is 5.15 Å². The second-order valence-corrected chi connectivity index (χ2v) is 4.35. The minimum Gasteiger partial charge on any atom is -0.336 e. The van der Waals surface area contributed by atoms with Gasteiger partial charge in [-0.25, -0.2) is 4.98 Å². The first kappa shape index (κ1) is 13.0. The van der Waals surface area contributed by atoms with Crippen LogP contribution < -0.4 is 0 Å². The van der Waals surface area contributed by atoms with Crippen molar-refractivity contribution in [1.29, 1.82) is 0 Å². The molecule has 0 spiro atoms. The van der Waals surface area contributed by atoms with Gasteiger partial charge in [-0.2, -0.15) is 0 Å². The Morgan fingerprint density at radius 2 is 2.25 bits per heavy atom. The predicted octanol–water partition coefficient (Wildman–Crippen LogP) is 3.00. The van der Waals surface area contributed by atoms with E-state index in [0.717, 1.165) is 13.0 Å². The van der Waals surface area contributed by atoms with Gasteiger partial charge < -0.3 is 4.90 Å². The van der Waals surface area contributed by atoms with Gasteiger partial charge in [-0.15, -0.1) is 0 Å². The average molecular weight is 241 g/mol. The number of hydrogen-bond acceptors (Lipinski definition) is 2. The number of aromatic nitrogens is 1. The van der Waals surface area contributed by atoms with Crippen LogP contribution in [-0.4, -0.2) is 28.4 Å². The van der Waals surface area contributed by atoms with Crippen LogP contribution >= 0.6 is 11.6 Å². The third-order valence-corrected chi connectivity index (χ3v) is 2.53. The van der Waals surface area contributed by atoms with E-state index in [1.165, 1.54) is 0 Å². The van der Waals surface area contributed by atoms with Gasteiger partial charge in [0, 0.05) is 24.3 Å². The molecule has 1 aromatic rings. The Kier molecular flexibility index (Phi) is 4.74. The number of nitrogens with zero attached hydrogens (tertiary/aromatic N) is 2. The van der Waals surface area contributed by atoms with Crippen LogP contribution in [0.15, 0.2) is 18.3 Å². The monoisotopic (exact) mass is 240 g/mol. The topological polar surface area (TPSA) is 33.2 Å².